The number of likely N-dealkylation sites (tertiary alicyclic amines) is 1. The molecule has 6 nitrogen and oxygen atoms in total. The van der Waals surface area contributed by atoms with Gasteiger partial charge in [0.1, 0.15) is 5.82 Å². The van der Waals surface area contributed by atoms with Gasteiger partial charge in [-0.25, -0.2) is 4.98 Å². The smallest absolute Gasteiger partial charge is 0.191 e. The van der Waals surface area contributed by atoms with Crippen molar-refractivity contribution in [3.63, 3.8) is 0 Å². The number of aromatic nitrogens is 1. The van der Waals surface area contributed by atoms with Crippen molar-refractivity contribution in [3.05, 3.63) is 23.9 Å². The first kappa shape index (κ1) is 24.2. The summed E-state index contributed by atoms with van der Waals surface area (Å²) in [6.45, 7) is 8.87. The number of pyridine rings is 1. The minimum absolute atomic E-state index is 0. The number of piperidine rings is 1. The molecule has 29 heavy (non-hydrogen) atoms. The first-order valence-electron chi connectivity index (χ1n) is 11.2. The first-order valence-corrected chi connectivity index (χ1v) is 11.2. The maximum Gasteiger partial charge on any atom is 0.191 e. The van der Waals surface area contributed by atoms with Crippen LogP contribution in [-0.2, 0) is 6.54 Å². The van der Waals surface area contributed by atoms with Gasteiger partial charge >= 0.3 is 0 Å². The number of hydrogen-bond donors (Lipinski definition) is 2. The summed E-state index contributed by atoms with van der Waals surface area (Å²) in [5.74, 6) is 2.01. The third-order valence-corrected chi connectivity index (χ3v) is 5.89. The van der Waals surface area contributed by atoms with Gasteiger partial charge in [-0.15, -0.1) is 24.0 Å². The number of halogens is 1. The van der Waals surface area contributed by atoms with Gasteiger partial charge in [-0.1, -0.05) is 25.8 Å². The molecular weight excluding hydrogens is 475 g/mol. The van der Waals surface area contributed by atoms with E-state index in [2.05, 4.69) is 44.5 Å². The van der Waals surface area contributed by atoms with Crippen LogP contribution in [0, 0.1) is 0 Å². The molecule has 0 spiro atoms. The number of rotatable bonds is 6. The van der Waals surface area contributed by atoms with E-state index in [0.717, 1.165) is 31.4 Å². The summed E-state index contributed by atoms with van der Waals surface area (Å²) in [5.41, 5.74) is 1.19. The Labute approximate surface area is 194 Å². The van der Waals surface area contributed by atoms with Gasteiger partial charge in [0.25, 0.3) is 0 Å². The van der Waals surface area contributed by atoms with Crippen LogP contribution in [0.25, 0.3) is 0 Å². The normalized spacial score (nSPS) is 19.4. The third kappa shape index (κ3) is 7.92. The van der Waals surface area contributed by atoms with Crippen LogP contribution in [0.4, 0.5) is 5.82 Å². The summed E-state index contributed by atoms with van der Waals surface area (Å²) < 4.78 is 0. The van der Waals surface area contributed by atoms with E-state index < -0.39 is 0 Å². The van der Waals surface area contributed by atoms with Gasteiger partial charge < -0.3 is 20.4 Å². The van der Waals surface area contributed by atoms with Gasteiger partial charge in [-0.3, -0.25) is 4.99 Å². The van der Waals surface area contributed by atoms with E-state index in [-0.39, 0.29) is 24.0 Å². The van der Waals surface area contributed by atoms with Gasteiger partial charge in [0.15, 0.2) is 5.96 Å². The predicted molar refractivity (Wildman–Crippen MR) is 133 cm³/mol. The van der Waals surface area contributed by atoms with Crippen molar-refractivity contribution in [2.45, 2.75) is 64.5 Å². The molecule has 0 unspecified atom stereocenters. The Bertz CT molecular complexity index is 590. The summed E-state index contributed by atoms with van der Waals surface area (Å²) in [7, 11) is 1.85. The van der Waals surface area contributed by atoms with Crippen LogP contribution in [0.15, 0.2) is 23.3 Å². The summed E-state index contributed by atoms with van der Waals surface area (Å²) in [4.78, 5) is 14.1. The molecule has 3 rings (SSSR count). The molecule has 2 fully saturated rings. The zero-order valence-corrected chi connectivity index (χ0v) is 20.5. The molecule has 2 saturated heterocycles. The molecule has 0 aromatic carbocycles. The molecule has 2 aliphatic heterocycles. The number of anilines is 1. The molecule has 1 aromatic heterocycles. The lowest BCUT2D eigenvalue weighted by atomic mass is 10.1. The van der Waals surface area contributed by atoms with Crippen molar-refractivity contribution in [2.75, 3.05) is 44.7 Å². The minimum atomic E-state index is 0. The fourth-order valence-electron chi connectivity index (χ4n) is 4.20. The number of hydrogen-bond acceptors (Lipinski definition) is 4. The zero-order chi connectivity index (χ0) is 19.6. The second kappa shape index (κ2) is 13.3. The Balaban J connectivity index is 0.00000300. The van der Waals surface area contributed by atoms with Crippen molar-refractivity contribution in [1.29, 1.82) is 0 Å². The van der Waals surface area contributed by atoms with Crippen molar-refractivity contribution >= 4 is 35.8 Å². The maximum absolute atomic E-state index is 4.71. The molecule has 0 aliphatic carbocycles. The van der Waals surface area contributed by atoms with Crippen LogP contribution < -0.4 is 15.5 Å². The number of nitrogens with zero attached hydrogens (tertiary/aromatic N) is 4. The topological polar surface area (TPSA) is 55.8 Å². The minimum Gasteiger partial charge on any atom is -0.357 e. The van der Waals surface area contributed by atoms with Gasteiger partial charge in [-0.2, -0.15) is 0 Å². The van der Waals surface area contributed by atoms with Crippen LogP contribution in [0.1, 0.15) is 57.4 Å². The number of nitrogens with one attached hydrogen (secondary N) is 2. The van der Waals surface area contributed by atoms with Crippen LogP contribution in [0.3, 0.4) is 0 Å². The van der Waals surface area contributed by atoms with E-state index in [1.165, 1.54) is 70.1 Å². The molecule has 0 amide bonds. The number of aliphatic imine (C=N–C) groups is 1. The largest absolute Gasteiger partial charge is 0.357 e. The molecule has 0 bridgehead atoms. The molecular formula is C22H39IN6. The lowest BCUT2D eigenvalue weighted by Gasteiger charge is -2.32. The van der Waals surface area contributed by atoms with Gasteiger partial charge in [0.05, 0.1) is 0 Å². The van der Waals surface area contributed by atoms with Crippen LogP contribution >= 0.6 is 24.0 Å². The van der Waals surface area contributed by atoms with E-state index in [4.69, 9.17) is 4.98 Å². The third-order valence-electron chi connectivity index (χ3n) is 5.89. The first-order chi connectivity index (χ1) is 13.8. The molecule has 0 atom stereocenters. The van der Waals surface area contributed by atoms with E-state index in [0.29, 0.717) is 6.04 Å². The second-order valence-corrected chi connectivity index (χ2v) is 8.11. The zero-order valence-electron chi connectivity index (χ0n) is 18.2. The van der Waals surface area contributed by atoms with Crippen LogP contribution in [0.2, 0.25) is 0 Å². The lowest BCUT2D eigenvalue weighted by Crippen LogP contribution is -2.48. The summed E-state index contributed by atoms with van der Waals surface area (Å²) in [6.07, 6.45) is 10.9. The fraction of sp³-hybridized carbons (Fsp3) is 0.727. The molecule has 0 saturated carbocycles. The van der Waals surface area contributed by atoms with E-state index in [9.17, 15) is 0 Å². The van der Waals surface area contributed by atoms with Crippen molar-refractivity contribution in [2.24, 2.45) is 4.99 Å². The van der Waals surface area contributed by atoms with Crippen molar-refractivity contribution < 1.29 is 0 Å². The summed E-state index contributed by atoms with van der Waals surface area (Å²) >= 11 is 0. The Morgan fingerprint density at radius 2 is 1.83 bits per heavy atom. The molecule has 7 heteroatoms. The highest BCUT2D eigenvalue weighted by molar-refractivity contribution is 14.0. The quantitative estimate of drug-likeness (QED) is 0.345. The van der Waals surface area contributed by atoms with E-state index in [1.54, 1.807) is 0 Å². The molecule has 164 valence electrons. The fourth-order valence-corrected chi connectivity index (χ4v) is 4.20. The summed E-state index contributed by atoms with van der Waals surface area (Å²) in [5, 5.41) is 7.04. The Hall–Kier alpha value is -1.09. The van der Waals surface area contributed by atoms with Crippen LogP contribution in [-0.4, -0.2) is 61.7 Å². The van der Waals surface area contributed by atoms with Gasteiger partial charge in [0.2, 0.25) is 0 Å². The second-order valence-electron chi connectivity index (χ2n) is 8.11. The van der Waals surface area contributed by atoms with E-state index in [1.807, 2.05) is 13.2 Å². The monoisotopic (exact) mass is 514 g/mol. The number of guanidine groups is 1. The molecule has 3 heterocycles. The SMILES string of the molecule is CCCN1CCC(NC(=NC)NCc2ccc(N3CCCCCC3)nc2)CC1.I. The molecule has 2 N–H and O–H groups in total. The van der Waals surface area contributed by atoms with Gasteiger partial charge in [-0.05, 0) is 50.3 Å². The highest BCUT2D eigenvalue weighted by Gasteiger charge is 2.19. The standard InChI is InChI=1S/C22H38N6.HI/c1-3-12-27-15-10-20(11-16-27)26-22(23-2)25-18-19-8-9-21(24-17-19)28-13-6-4-5-7-14-28;/h8-9,17,20H,3-7,10-16,18H2,1-2H3,(H2,23,25,26);1H. The van der Waals surface area contributed by atoms with Crippen molar-refractivity contribution in [1.82, 2.24) is 20.5 Å². The van der Waals surface area contributed by atoms with Gasteiger partial charge in [0, 0.05) is 52.0 Å². The Morgan fingerprint density at radius 1 is 1.10 bits per heavy atom. The van der Waals surface area contributed by atoms with Crippen LogP contribution in [0.5, 0.6) is 0 Å². The molecule has 2 aliphatic rings. The highest BCUT2D eigenvalue weighted by atomic mass is 127. The Kier molecular flexibility index (Phi) is 11.1. The summed E-state index contributed by atoms with van der Waals surface area (Å²) in [6, 6.07) is 4.88. The Morgan fingerprint density at radius 3 is 2.41 bits per heavy atom. The van der Waals surface area contributed by atoms with E-state index >= 15 is 0 Å². The average Bonchev–Trinajstić information content (AvgIpc) is 3.02. The maximum atomic E-state index is 4.71. The molecule has 0 radical (unpaired) electrons. The predicted octanol–water partition coefficient (Wildman–Crippen LogP) is 3.62. The average molecular weight is 515 g/mol. The van der Waals surface area contributed by atoms with Crippen molar-refractivity contribution in [3.8, 4) is 0 Å². The highest BCUT2D eigenvalue weighted by Crippen LogP contribution is 2.17. The molecule has 1 aromatic rings. The lowest BCUT2D eigenvalue weighted by molar-refractivity contribution is 0.206.